The zero-order chi connectivity index (χ0) is 14.9. The van der Waals surface area contributed by atoms with E-state index in [1.807, 2.05) is 0 Å². The van der Waals surface area contributed by atoms with E-state index in [9.17, 15) is 13.2 Å². The quantitative estimate of drug-likeness (QED) is 0.928. The molecule has 2 rings (SSSR count). The van der Waals surface area contributed by atoms with Gasteiger partial charge in [-0.25, -0.2) is 13.2 Å². The third kappa shape index (κ3) is 3.00. The van der Waals surface area contributed by atoms with Crippen molar-refractivity contribution in [3.8, 4) is 0 Å². The molecule has 0 aliphatic rings. The van der Waals surface area contributed by atoms with Gasteiger partial charge in [0.2, 0.25) is 0 Å². The Hall–Kier alpha value is -1.86. The number of carboxylic acid groups (broad SMARTS) is 1. The van der Waals surface area contributed by atoms with Gasteiger partial charge in [-0.1, -0.05) is 11.6 Å². The van der Waals surface area contributed by atoms with E-state index < -0.39 is 15.8 Å². The second kappa shape index (κ2) is 5.26. The van der Waals surface area contributed by atoms with Gasteiger partial charge in [0.15, 0.2) is 9.84 Å². The molecule has 0 bridgehead atoms. The third-order valence-electron chi connectivity index (χ3n) is 2.62. The number of rotatable bonds is 4. The first kappa shape index (κ1) is 14.5. The van der Waals surface area contributed by atoms with Crippen molar-refractivity contribution in [1.29, 1.82) is 0 Å². The summed E-state index contributed by atoms with van der Waals surface area (Å²) in [6.07, 6.45) is 1.63. The lowest BCUT2D eigenvalue weighted by Crippen LogP contribution is -2.08. The molecule has 0 saturated heterocycles. The molecule has 0 saturated carbocycles. The van der Waals surface area contributed by atoms with Crippen LogP contribution in [0.1, 0.15) is 16.1 Å². The van der Waals surface area contributed by atoms with Gasteiger partial charge < -0.3 is 5.11 Å². The summed E-state index contributed by atoms with van der Waals surface area (Å²) in [4.78, 5) is 10.7. The number of carboxylic acids is 1. The van der Waals surface area contributed by atoms with E-state index >= 15 is 0 Å². The Morgan fingerprint density at radius 1 is 1.40 bits per heavy atom. The van der Waals surface area contributed by atoms with Crippen molar-refractivity contribution in [3.63, 3.8) is 0 Å². The second-order valence-electron chi connectivity index (χ2n) is 4.19. The maximum absolute atomic E-state index is 12.3. The molecule has 0 fully saturated rings. The van der Waals surface area contributed by atoms with Crippen molar-refractivity contribution < 1.29 is 18.3 Å². The minimum atomic E-state index is -3.76. The van der Waals surface area contributed by atoms with Crippen LogP contribution in [-0.4, -0.2) is 29.3 Å². The summed E-state index contributed by atoms with van der Waals surface area (Å²) in [5.41, 5.74) is 0.235. The lowest BCUT2D eigenvalue weighted by molar-refractivity contribution is 0.0696. The van der Waals surface area contributed by atoms with Crippen LogP contribution >= 0.6 is 11.6 Å². The minimum Gasteiger partial charge on any atom is -0.478 e. The molecular formula is C12H11ClN2O4S. The number of halogens is 1. The first-order chi connectivity index (χ1) is 9.29. The predicted molar refractivity (Wildman–Crippen MR) is 72.5 cm³/mol. The van der Waals surface area contributed by atoms with Crippen molar-refractivity contribution in [2.45, 2.75) is 10.6 Å². The highest BCUT2D eigenvalue weighted by atomic mass is 35.5. The minimum absolute atomic E-state index is 0.00840. The van der Waals surface area contributed by atoms with Gasteiger partial charge in [-0.3, -0.25) is 4.68 Å². The summed E-state index contributed by atoms with van der Waals surface area (Å²) in [5.74, 6) is -1.55. The maximum atomic E-state index is 12.3. The van der Waals surface area contributed by atoms with E-state index in [0.717, 1.165) is 6.07 Å². The Balaban J connectivity index is 2.43. The van der Waals surface area contributed by atoms with Gasteiger partial charge in [-0.05, 0) is 24.3 Å². The largest absolute Gasteiger partial charge is 0.478 e. The van der Waals surface area contributed by atoms with Gasteiger partial charge in [-0.2, -0.15) is 5.10 Å². The van der Waals surface area contributed by atoms with Gasteiger partial charge in [-0.15, -0.1) is 0 Å². The van der Waals surface area contributed by atoms with Gasteiger partial charge in [0.1, 0.15) is 0 Å². The average Bonchev–Trinajstić information content (AvgIpc) is 2.73. The molecule has 0 unspecified atom stereocenters. The standard InChI is InChI=1S/C12H11ClN2O4S/c1-15-5-4-9(14-15)7-20(18,19)11-6-8(12(16)17)2-3-10(11)13/h2-6H,7H2,1H3,(H,16,17). The number of hydrogen-bond donors (Lipinski definition) is 1. The fourth-order valence-electron chi connectivity index (χ4n) is 1.69. The van der Waals surface area contributed by atoms with Crippen LogP contribution in [0.4, 0.5) is 0 Å². The molecule has 1 aromatic carbocycles. The SMILES string of the molecule is Cn1ccc(CS(=O)(=O)c2cc(C(=O)O)ccc2Cl)n1. The molecular weight excluding hydrogens is 304 g/mol. The van der Waals surface area contributed by atoms with Crippen LogP contribution in [0, 0.1) is 0 Å². The molecule has 6 nitrogen and oxygen atoms in total. The Bertz CT molecular complexity index is 768. The summed E-state index contributed by atoms with van der Waals surface area (Å²) in [6, 6.07) is 5.15. The molecule has 20 heavy (non-hydrogen) atoms. The second-order valence-corrected chi connectivity index (χ2v) is 6.56. The molecule has 0 aliphatic heterocycles. The summed E-state index contributed by atoms with van der Waals surface area (Å²) in [7, 11) is -2.08. The van der Waals surface area contributed by atoms with Crippen LogP contribution in [-0.2, 0) is 22.6 Å². The summed E-state index contributed by atoms with van der Waals surface area (Å²) in [5, 5.41) is 12.9. The van der Waals surface area contributed by atoms with Crippen LogP contribution in [0.5, 0.6) is 0 Å². The fourth-order valence-corrected chi connectivity index (χ4v) is 3.53. The highest BCUT2D eigenvalue weighted by Crippen LogP contribution is 2.25. The van der Waals surface area contributed by atoms with E-state index in [4.69, 9.17) is 16.7 Å². The normalized spacial score (nSPS) is 11.5. The number of carbonyl (C=O) groups is 1. The predicted octanol–water partition coefficient (Wildman–Crippen LogP) is 1.75. The molecule has 1 N–H and O–H groups in total. The lowest BCUT2D eigenvalue weighted by atomic mass is 10.2. The molecule has 0 atom stereocenters. The smallest absolute Gasteiger partial charge is 0.335 e. The molecule has 1 heterocycles. The van der Waals surface area contributed by atoms with Crippen LogP contribution < -0.4 is 0 Å². The van der Waals surface area contributed by atoms with Crippen molar-refractivity contribution in [2.75, 3.05) is 0 Å². The van der Waals surface area contributed by atoms with Gasteiger partial charge in [0.05, 0.1) is 26.9 Å². The summed E-state index contributed by atoms with van der Waals surface area (Å²) in [6.45, 7) is 0. The molecule has 1 aromatic heterocycles. The van der Waals surface area contributed by atoms with Crippen molar-refractivity contribution in [3.05, 3.63) is 46.7 Å². The Morgan fingerprint density at radius 2 is 2.10 bits per heavy atom. The Kier molecular flexibility index (Phi) is 3.82. The van der Waals surface area contributed by atoms with Crippen molar-refractivity contribution >= 4 is 27.4 Å². The van der Waals surface area contributed by atoms with Crippen LogP contribution in [0.2, 0.25) is 5.02 Å². The van der Waals surface area contributed by atoms with Crippen LogP contribution in [0.3, 0.4) is 0 Å². The highest BCUT2D eigenvalue weighted by molar-refractivity contribution is 7.90. The zero-order valence-corrected chi connectivity index (χ0v) is 12.0. The van der Waals surface area contributed by atoms with Crippen molar-refractivity contribution in [2.24, 2.45) is 7.05 Å². The van der Waals surface area contributed by atoms with E-state index in [1.165, 1.54) is 16.8 Å². The number of aromatic carboxylic acids is 1. The topological polar surface area (TPSA) is 89.3 Å². The van der Waals surface area contributed by atoms with E-state index in [0.29, 0.717) is 5.69 Å². The monoisotopic (exact) mass is 314 g/mol. The summed E-state index contributed by atoms with van der Waals surface area (Å²) >= 11 is 5.86. The number of aryl methyl sites for hydroxylation is 1. The molecule has 0 radical (unpaired) electrons. The van der Waals surface area contributed by atoms with E-state index in [1.54, 1.807) is 19.3 Å². The van der Waals surface area contributed by atoms with Gasteiger partial charge in [0.25, 0.3) is 0 Å². The van der Waals surface area contributed by atoms with E-state index in [2.05, 4.69) is 5.10 Å². The zero-order valence-electron chi connectivity index (χ0n) is 10.4. The van der Waals surface area contributed by atoms with Crippen molar-refractivity contribution in [1.82, 2.24) is 9.78 Å². The number of nitrogens with zero attached hydrogens (tertiary/aromatic N) is 2. The molecule has 0 spiro atoms. The number of hydrogen-bond acceptors (Lipinski definition) is 4. The molecule has 2 aromatic rings. The van der Waals surface area contributed by atoms with E-state index in [-0.39, 0.29) is 21.2 Å². The lowest BCUT2D eigenvalue weighted by Gasteiger charge is -2.06. The summed E-state index contributed by atoms with van der Waals surface area (Å²) < 4.78 is 26.0. The molecule has 0 amide bonds. The maximum Gasteiger partial charge on any atom is 0.335 e. The third-order valence-corrected chi connectivity index (χ3v) is 4.75. The first-order valence-electron chi connectivity index (χ1n) is 5.54. The number of aromatic nitrogens is 2. The number of benzene rings is 1. The molecule has 0 aliphatic carbocycles. The fraction of sp³-hybridized carbons (Fsp3) is 0.167. The molecule has 8 heteroatoms. The highest BCUT2D eigenvalue weighted by Gasteiger charge is 2.21. The van der Waals surface area contributed by atoms with Gasteiger partial charge in [0, 0.05) is 13.2 Å². The Morgan fingerprint density at radius 3 is 2.65 bits per heavy atom. The Labute approximate surface area is 120 Å². The number of sulfone groups is 1. The van der Waals surface area contributed by atoms with Crippen LogP contribution in [0.25, 0.3) is 0 Å². The first-order valence-corrected chi connectivity index (χ1v) is 7.57. The molecule has 106 valence electrons. The van der Waals surface area contributed by atoms with Crippen LogP contribution in [0.15, 0.2) is 35.4 Å². The average molecular weight is 315 g/mol. The van der Waals surface area contributed by atoms with Gasteiger partial charge >= 0.3 is 5.97 Å².